The summed E-state index contributed by atoms with van der Waals surface area (Å²) in [4.78, 5) is 15.4. The van der Waals surface area contributed by atoms with Crippen molar-refractivity contribution in [2.75, 3.05) is 19.7 Å². The van der Waals surface area contributed by atoms with Gasteiger partial charge in [-0.2, -0.15) is 0 Å². The van der Waals surface area contributed by atoms with Crippen molar-refractivity contribution in [3.05, 3.63) is 46.7 Å². The normalized spacial score (nSPS) is 15.7. The van der Waals surface area contributed by atoms with Crippen LogP contribution in [0.4, 0.5) is 0 Å². The summed E-state index contributed by atoms with van der Waals surface area (Å²) in [6.45, 7) is 3.55. The van der Waals surface area contributed by atoms with Crippen molar-refractivity contribution < 1.29 is 17.9 Å². The minimum absolute atomic E-state index is 0.102. The number of hydrogen-bond acceptors (Lipinski definition) is 5. The number of hydrogen-bond donors (Lipinski definition) is 1. The number of ether oxygens (including phenoxy) is 1. The van der Waals surface area contributed by atoms with Gasteiger partial charge in [0.05, 0.1) is 17.9 Å². The lowest BCUT2D eigenvalue weighted by Gasteiger charge is -2.32. The summed E-state index contributed by atoms with van der Waals surface area (Å²) in [6.07, 6.45) is 1.65. The van der Waals surface area contributed by atoms with Crippen LogP contribution < -0.4 is 9.46 Å². The molecule has 0 atom stereocenters. The second kappa shape index (κ2) is 8.86. The lowest BCUT2D eigenvalue weighted by atomic mass is 10.1. The predicted octanol–water partition coefficient (Wildman–Crippen LogP) is 2.66. The molecule has 3 rings (SSSR count). The Hall–Kier alpha value is -1.90. The van der Waals surface area contributed by atoms with Crippen LogP contribution in [-0.4, -0.2) is 45.0 Å². The van der Waals surface area contributed by atoms with Crippen LogP contribution in [0.25, 0.3) is 0 Å². The molecule has 0 spiro atoms. The van der Waals surface area contributed by atoms with Gasteiger partial charge in [0.25, 0.3) is 0 Å². The molecule has 0 unspecified atom stereocenters. The smallest absolute Gasteiger partial charge is 0.240 e. The molecule has 1 fully saturated rings. The Kier molecular flexibility index (Phi) is 6.51. The molecule has 1 aromatic carbocycles. The number of thiophene rings is 1. The van der Waals surface area contributed by atoms with Gasteiger partial charge in [-0.15, -0.1) is 11.3 Å². The van der Waals surface area contributed by atoms with Crippen LogP contribution in [0.3, 0.4) is 0 Å². The standard InChI is InChI=1S/C19H24N2O4S2/c1-2-25-16-5-7-18(8-6-16)27(23,24)20-15-9-11-21(12-10-15)19(22)14-17-4-3-13-26-17/h3-8,13,15,20H,2,9-12,14H2,1H3. The highest BCUT2D eigenvalue weighted by Gasteiger charge is 2.26. The van der Waals surface area contributed by atoms with E-state index in [2.05, 4.69) is 4.72 Å². The highest BCUT2D eigenvalue weighted by molar-refractivity contribution is 7.89. The average Bonchev–Trinajstić information content (AvgIpc) is 3.16. The van der Waals surface area contributed by atoms with Crippen molar-refractivity contribution >= 4 is 27.3 Å². The first kappa shape index (κ1) is 19.9. The number of nitrogens with zero attached hydrogens (tertiary/aromatic N) is 1. The number of likely N-dealkylation sites (tertiary alicyclic amines) is 1. The monoisotopic (exact) mass is 408 g/mol. The summed E-state index contributed by atoms with van der Waals surface area (Å²) in [5.41, 5.74) is 0. The molecule has 1 saturated heterocycles. The van der Waals surface area contributed by atoms with Crippen molar-refractivity contribution in [1.29, 1.82) is 0 Å². The maximum absolute atomic E-state index is 12.6. The fraction of sp³-hybridized carbons (Fsp3) is 0.421. The SMILES string of the molecule is CCOc1ccc(S(=O)(=O)NC2CCN(C(=O)Cc3cccs3)CC2)cc1. The van der Waals surface area contributed by atoms with Crippen molar-refractivity contribution in [2.24, 2.45) is 0 Å². The van der Waals surface area contributed by atoms with E-state index >= 15 is 0 Å². The lowest BCUT2D eigenvalue weighted by molar-refractivity contribution is -0.131. The summed E-state index contributed by atoms with van der Waals surface area (Å²) in [7, 11) is -3.58. The molecule has 6 nitrogen and oxygen atoms in total. The van der Waals surface area contributed by atoms with Gasteiger partial charge < -0.3 is 9.64 Å². The Balaban J connectivity index is 1.52. The summed E-state index contributed by atoms with van der Waals surface area (Å²) >= 11 is 1.58. The van der Waals surface area contributed by atoms with E-state index < -0.39 is 10.0 Å². The first-order valence-corrected chi connectivity index (χ1v) is 11.4. The summed E-state index contributed by atoms with van der Waals surface area (Å²) in [5, 5.41) is 1.96. The van der Waals surface area contributed by atoms with E-state index in [1.807, 2.05) is 29.3 Å². The van der Waals surface area contributed by atoms with Crippen LogP contribution in [0.2, 0.25) is 0 Å². The highest BCUT2D eigenvalue weighted by Crippen LogP contribution is 2.19. The largest absolute Gasteiger partial charge is 0.494 e. The van der Waals surface area contributed by atoms with Gasteiger partial charge in [-0.1, -0.05) is 6.07 Å². The molecule has 2 aromatic rings. The van der Waals surface area contributed by atoms with E-state index in [1.54, 1.807) is 35.6 Å². The number of amides is 1. The lowest BCUT2D eigenvalue weighted by Crippen LogP contribution is -2.46. The van der Waals surface area contributed by atoms with E-state index in [4.69, 9.17) is 4.74 Å². The summed E-state index contributed by atoms with van der Waals surface area (Å²) < 4.78 is 33.2. The van der Waals surface area contributed by atoms with E-state index in [-0.39, 0.29) is 16.8 Å². The van der Waals surface area contributed by atoms with Crippen molar-refractivity contribution in [2.45, 2.75) is 37.1 Å². The van der Waals surface area contributed by atoms with Gasteiger partial charge in [0, 0.05) is 24.0 Å². The molecular weight excluding hydrogens is 384 g/mol. The second-order valence-electron chi connectivity index (χ2n) is 6.44. The zero-order chi connectivity index (χ0) is 19.3. The molecule has 1 N–H and O–H groups in total. The highest BCUT2D eigenvalue weighted by atomic mass is 32.2. The van der Waals surface area contributed by atoms with Crippen LogP contribution in [0, 0.1) is 0 Å². The maximum Gasteiger partial charge on any atom is 0.240 e. The van der Waals surface area contributed by atoms with Gasteiger partial charge in [0.2, 0.25) is 15.9 Å². The van der Waals surface area contributed by atoms with Crippen molar-refractivity contribution in [3.8, 4) is 5.75 Å². The van der Waals surface area contributed by atoms with E-state index in [1.165, 1.54) is 0 Å². The van der Waals surface area contributed by atoms with Crippen LogP contribution >= 0.6 is 11.3 Å². The molecule has 0 bridgehead atoms. The van der Waals surface area contributed by atoms with Gasteiger partial charge in [-0.05, 0) is 55.5 Å². The summed E-state index contributed by atoms with van der Waals surface area (Å²) in [5.74, 6) is 0.749. The third-order valence-electron chi connectivity index (χ3n) is 4.52. The first-order valence-electron chi connectivity index (χ1n) is 9.03. The minimum Gasteiger partial charge on any atom is -0.494 e. The molecule has 1 amide bonds. The number of rotatable bonds is 7. The van der Waals surface area contributed by atoms with Gasteiger partial charge in [0.15, 0.2) is 0 Å². The number of carbonyl (C=O) groups is 1. The molecule has 0 radical (unpaired) electrons. The molecule has 1 aliphatic heterocycles. The molecule has 0 saturated carbocycles. The van der Waals surface area contributed by atoms with Gasteiger partial charge in [-0.25, -0.2) is 13.1 Å². The van der Waals surface area contributed by atoms with E-state index in [0.717, 1.165) is 4.88 Å². The molecule has 27 heavy (non-hydrogen) atoms. The number of sulfonamides is 1. The topological polar surface area (TPSA) is 75.7 Å². The molecule has 8 heteroatoms. The molecule has 2 heterocycles. The third-order valence-corrected chi connectivity index (χ3v) is 6.93. The van der Waals surface area contributed by atoms with Gasteiger partial charge in [-0.3, -0.25) is 4.79 Å². The first-order chi connectivity index (χ1) is 13.0. The summed E-state index contributed by atoms with van der Waals surface area (Å²) in [6, 6.07) is 10.1. The predicted molar refractivity (Wildman–Crippen MR) is 106 cm³/mol. The third kappa shape index (κ3) is 5.31. The Morgan fingerprint density at radius 2 is 1.93 bits per heavy atom. The molecular formula is C19H24N2O4S2. The zero-order valence-corrected chi connectivity index (χ0v) is 16.9. The van der Waals surface area contributed by atoms with Gasteiger partial charge in [0.1, 0.15) is 5.75 Å². The minimum atomic E-state index is -3.58. The number of nitrogens with one attached hydrogen (secondary N) is 1. The Bertz CT molecular complexity index is 840. The molecule has 1 aliphatic rings. The fourth-order valence-corrected chi connectivity index (χ4v) is 5.09. The molecule has 0 aliphatic carbocycles. The molecule has 146 valence electrons. The second-order valence-corrected chi connectivity index (χ2v) is 9.18. The number of piperidine rings is 1. The van der Waals surface area contributed by atoms with Crippen LogP contribution in [-0.2, 0) is 21.2 Å². The van der Waals surface area contributed by atoms with Crippen LogP contribution in [0.1, 0.15) is 24.6 Å². The van der Waals surface area contributed by atoms with Gasteiger partial charge >= 0.3 is 0 Å². The van der Waals surface area contributed by atoms with Crippen molar-refractivity contribution in [3.63, 3.8) is 0 Å². The number of benzene rings is 1. The Morgan fingerprint density at radius 3 is 2.52 bits per heavy atom. The average molecular weight is 409 g/mol. The van der Waals surface area contributed by atoms with Crippen molar-refractivity contribution in [1.82, 2.24) is 9.62 Å². The zero-order valence-electron chi connectivity index (χ0n) is 15.3. The fourth-order valence-electron chi connectivity index (χ4n) is 3.09. The maximum atomic E-state index is 12.6. The van der Waals surface area contributed by atoms with Crippen LogP contribution in [0.5, 0.6) is 5.75 Å². The molecule has 1 aromatic heterocycles. The quantitative estimate of drug-likeness (QED) is 0.764. The number of carbonyl (C=O) groups excluding carboxylic acids is 1. The van der Waals surface area contributed by atoms with E-state index in [9.17, 15) is 13.2 Å². The van der Waals surface area contributed by atoms with Crippen LogP contribution in [0.15, 0.2) is 46.7 Å². The Morgan fingerprint density at radius 1 is 1.22 bits per heavy atom. The van der Waals surface area contributed by atoms with E-state index in [0.29, 0.717) is 44.7 Å². The Labute approximate surface area is 164 Å².